The molecule has 2 bridgehead atoms. The second-order valence-electron chi connectivity index (χ2n) is 11.2. The standard InChI is InChI=1S/C30H40N4O6/c35-22-31-11-13-32(14-12-31)28(36)18-24-7-10-33-19-25(24)5-3-15-40-27-6-2-1-4-26(27)20-34(21-29(33)37)30(38)23-8-16-39-17-9-23/h1-6,22-25H,7-21H2/b5-3-/t24-,25-/m0/s1. The van der Waals surface area contributed by atoms with Crippen LogP contribution in [0, 0.1) is 17.8 Å². The number of fused-ring (bicyclic) bond motifs is 3. The SMILES string of the molecule is O=CN1CCN(C(=O)C[C@@H]2CCN3C[C@@H]2/C=C\COc2ccccc2CN(C(=O)C2CCOCC2)CC3=O)CC1. The van der Waals surface area contributed by atoms with E-state index in [1.165, 1.54) is 0 Å². The van der Waals surface area contributed by atoms with Gasteiger partial charge in [0.25, 0.3) is 0 Å². The molecule has 10 nitrogen and oxygen atoms in total. The van der Waals surface area contributed by atoms with Crippen LogP contribution in [0.25, 0.3) is 0 Å². The van der Waals surface area contributed by atoms with E-state index in [0.717, 1.165) is 18.4 Å². The molecule has 1 aromatic rings. The van der Waals surface area contributed by atoms with Gasteiger partial charge in [-0.2, -0.15) is 0 Å². The Labute approximate surface area is 235 Å². The third-order valence-electron chi connectivity index (χ3n) is 8.67. The van der Waals surface area contributed by atoms with Gasteiger partial charge in [-0.3, -0.25) is 19.2 Å². The van der Waals surface area contributed by atoms with Gasteiger partial charge in [0.2, 0.25) is 24.1 Å². The lowest BCUT2D eigenvalue weighted by Gasteiger charge is -2.39. The first-order valence-electron chi connectivity index (χ1n) is 14.5. The summed E-state index contributed by atoms with van der Waals surface area (Å²) in [6, 6.07) is 7.68. The van der Waals surface area contributed by atoms with Gasteiger partial charge in [0.05, 0.1) is 0 Å². The third-order valence-corrected chi connectivity index (χ3v) is 8.67. The molecule has 0 aliphatic carbocycles. The Kier molecular flexibility index (Phi) is 9.36. The van der Waals surface area contributed by atoms with Crippen LogP contribution in [-0.4, -0.2) is 109 Å². The lowest BCUT2D eigenvalue weighted by molar-refractivity contribution is -0.146. The average molecular weight is 553 g/mol. The van der Waals surface area contributed by atoms with E-state index in [0.29, 0.717) is 90.6 Å². The molecule has 5 rings (SSSR count). The number of piperidine rings is 1. The molecule has 4 amide bonds. The summed E-state index contributed by atoms with van der Waals surface area (Å²) in [6.07, 6.45) is 7.37. The molecule has 0 unspecified atom stereocenters. The van der Waals surface area contributed by atoms with Gasteiger partial charge < -0.3 is 29.1 Å². The molecule has 10 heteroatoms. The van der Waals surface area contributed by atoms with Gasteiger partial charge in [-0.15, -0.1) is 0 Å². The van der Waals surface area contributed by atoms with Gasteiger partial charge in [-0.25, -0.2) is 0 Å². The summed E-state index contributed by atoms with van der Waals surface area (Å²) in [5.74, 6) is 0.701. The highest BCUT2D eigenvalue weighted by Crippen LogP contribution is 2.30. The summed E-state index contributed by atoms with van der Waals surface area (Å²) < 4.78 is 11.6. The fraction of sp³-hybridized carbons (Fsp3) is 0.600. The Hall–Kier alpha value is -3.40. The van der Waals surface area contributed by atoms with E-state index >= 15 is 0 Å². The monoisotopic (exact) mass is 552 g/mol. The van der Waals surface area contributed by atoms with E-state index in [2.05, 4.69) is 6.08 Å². The lowest BCUT2D eigenvalue weighted by Crippen LogP contribution is -2.51. The van der Waals surface area contributed by atoms with Crippen LogP contribution >= 0.6 is 0 Å². The Balaban J connectivity index is 1.32. The van der Waals surface area contributed by atoms with Crippen LogP contribution in [0.5, 0.6) is 5.75 Å². The van der Waals surface area contributed by atoms with E-state index in [1.54, 1.807) is 9.80 Å². The van der Waals surface area contributed by atoms with E-state index < -0.39 is 0 Å². The van der Waals surface area contributed by atoms with Crippen LogP contribution in [0.3, 0.4) is 0 Å². The van der Waals surface area contributed by atoms with Gasteiger partial charge >= 0.3 is 0 Å². The van der Waals surface area contributed by atoms with Crippen molar-refractivity contribution in [1.82, 2.24) is 19.6 Å². The average Bonchev–Trinajstić information content (AvgIpc) is 3.00. The van der Waals surface area contributed by atoms with Crippen LogP contribution < -0.4 is 4.74 Å². The number of amides is 4. The Morgan fingerprint density at radius 2 is 1.73 bits per heavy atom. The minimum atomic E-state index is -0.148. The smallest absolute Gasteiger partial charge is 0.242 e. The first kappa shape index (κ1) is 28.1. The molecular formula is C30H40N4O6. The van der Waals surface area contributed by atoms with Crippen LogP contribution in [-0.2, 0) is 30.5 Å². The second-order valence-corrected chi connectivity index (χ2v) is 11.2. The normalized spacial score (nSPS) is 25.6. The molecule has 2 atom stereocenters. The lowest BCUT2D eigenvalue weighted by atomic mass is 9.82. The largest absolute Gasteiger partial charge is 0.489 e. The minimum Gasteiger partial charge on any atom is -0.489 e. The summed E-state index contributed by atoms with van der Waals surface area (Å²) in [6.45, 7) is 5.13. The van der Waals surface area contributed by atoms with Crippen molar-refractivity contribution in [3.8, 4) is 5.75 Å². The van der Waals surface area contributed by atoms with E-state index in [1.807, 2.05) is 40.1 Å². The summed E-state index contributed by atoms with van der Waals surface area (Å²) >= 11 is 0. The van der Waals surface area contributed by atoms with Crippen LogP contribution in [0.2, 0.25) is 0 Å². The first-order chi connectivity index (χ1) is 19.5. The summed E-state index contributed by atoms with van der Waals surface area (Å²) in [7, 11) is 0. The Bertz CT molecular complexity index is 1100. The van der Waals surface area contributed by atoms with Crippen molar-refractivity contribution in [2.45, 2.75) is 32.2 Å². The molecule has 0 N–H and O–H groups in total. The quantitative estimate of drug-likeness (QED) is 0.415. The van der Waals surface area contributed by atoms with Crippen LogP contribution in [0.4, 0.5) is 0 Å². The molecule has 0 aromatic heterocycles. The van der Waals surface area contributed by atoms with Gasteiger partial charge in [-0.05, 0) is 37.2 Å². The Morgan fingerprint density at radius 1 is 0.950 bits per heavy atom. The van der Waals surface area contributed by atoms with Crippen molar-refractivity contribution < 1.29 is 28.7 Å². The van der Waals surface area contributed by atoms with E-state index in [4.69, 9.17) is 9.47 Å². The highest BCUT2D eigenvalue weighted by Gasteiger charge is 2.35. The molecule has 0 spiro atoms. The zero-order valence-electron chi connectivity index (χ0n) is 23.1. The predicted octanol–water partition coefficient (Wildman–Crippen LogP) is 1.55. The van der Waals surface area contributed by atoms with Crippen LogP contribution in [0.1, 0.15) is 31.2 Å². The first-order valence-corrected chi connectivity index (χ1v) is 14.5. The van der Waals surface area contributed by atoms with Gasteiger partial charge in [0, 0.05) is 76.9 Å². The maximum absolute atomic E-state index is 13.6. The molecule has 0 radical (unpaired) electrons. The van der Waals surface area contributed by atoms with Gasteiger partial charge in [0.15, 0.2) is 0 Å². The molecule has 4 aliphatic rings. The second kappa shape index (κ2) is 13.3. The third kappa shape index (κ3) is 6.83. The molecule has 3 saturated heterocycles. The summed E-state index contributed by atoms with van der Waals surface area (Å²) in [4.78, 5) is 58.5. The zero-order valence-corrected chi connectivity index (χ0v) is 23.1. The predicted molar refractivity (Wildman–Crippen MR) is 147 cm³/mol. The number of piperazine rings is 1. The Morgan fingerprint density at radius 3 is 2.50 bits per heavy atom. The number of ether oxygens (including phenoxy) is 2. The molecule has 4 heterocycles. The molecule has 3 fully saturated rings. The van der Waals surface area contributed by atoms with Crippen molar-refractivity contribution in [2.24, 2.45) is 17.8 Å². The van der Waals surface area contributed by atoms with Crippen molar-refractivity contribution in [2.75, 3.05) is 65.6 Å². The summed E-state index contributed by atoms with van der Waals surface area (Å²) in [5.41, 5.74) is 0.875. The number of carbonyl (C=O) groups excluding carboxylic acids is 4. The van der Waals surface area contributed by atoms with E-state index in [9.17, 15) is 19.2 Å². The fourth-order valence-electron chi connectivity index (χ4n) is 6.19. The summed E-state index contributed by atoms with van der Waals surface area (Å²) in [5, 5.41) is 0. The number of para-hydroxylation sites is 1. The van der Waals surface area contributed by atoms with Gasteiger partial charge in [-0.1, -0.05) is 30.4 Å². The fourth-order valence-corrected chi connectivity index (χ4v) is 6.19. The number of nitrogens with zero attached hydrogens (tertiary/aromatic N) is 4. The number of hydrogen-bond acceptors (Lipinski definition) is 6. The highest BCUT2D eigenvalue weighted by atomic mass is 16.5. The number of rotatable bonds is 4. The molecule has 1 aromatic carbocycles. The molecule has 216 valence electrons. The topological polar surface area (TPSA) is 99.7 Å². The zero-order chi connectivity index (χ0) is 27.9. The number of hydrogen-bond donors (Lipinski definition) is 0. The van der Waals surface area contributed by atoms with Crippen LogP contribution in [0.15, 0.2) is 36.4 Å². The maximum atomic E-state index is 13.6. The van der Waals surface area contributed by atoms with Crippen molar-refractivity contribution >= 4 is 24.1 Å². The van der Waals surface area contributed by atoms with Crippen molar-refractivity contribution in [1.29, 1.82) is 0 Å². The van der Waals surface area contributed by atoms with Gasteiger partial charge in [0.1, 0.15) is 18.9 Å². The van der Waals surface area contributed by atoms with Crippen molar-refractivity contribution in [3.63, 3.8) is 0 Å². The number of carbonyl (C=O) groups is 4. The maximum Gasteiger partial charge on any atom is 0.242 e. The number of benzene rings is 1. The highest BCUT2D eigenvalue weighted by molar-refractivity contribution is 5.86. The molecule has 0 saturated carbocycles. The molecule has 4 aliphatic heterocycles. The molecular weight excluding hydrogens is 512 g/mol. The van der Waals surface area contributed by atoms with Crippen molar-refractivity contribution in [3.05, 3.63) is 42.0 Å². The minimum absolute atomic E-state index is 0.00819. The van der Waals surface area contributed by atoms with E-state index in [-0.39, 0.29) is 42.0 Å². The molecule has 40 heavy (non-hydrogen) atoms.